The Hall–Kier alpha value is -9.16. The molecule has 117 heavy (non-hydrogen) atoms. The minimum Gasteiger partial charge on any atom is -0.512 e. The van der Waals surface area contributed by atoms with E-state index >= 15 is 0 Å². The number of nitrogens with zero attached hydrogens (tertiary/aromatic N) is 4. The fourth-order valence-electron chi connectivity index (χ4n) is 12.5. The zero-order valence-corrected chi connectivity index (χ0v) is 82.0. The molecule has 4 N–H and O–H groups in total. The van der Waals surface area contributed by atoms with E-state index < -0.39 is 0 Å². The third-order valence-electron chi connectivity index (χ3n) is 18.8. The van der Waals surface area contributed by atoms with Crippen LogP contribution >= 0.6 is 0 Å². The summed E-state index contributed by atoms with van der Waals surface area (Å²) in [6, 6.07) is 63.2. The van der Waals surface area contributed by atoms with Crippen LogP contribution in [0.3, 0.4) is 0 Å². The number of carbonyl (C=O) groups is 4. The van der Waals surface area contributed by atoms with Gasteiger partial charge in [0.05, 0.1) is 45.1 Å². The molecule has 0 aliphatic heterocycles. The van der Waals surface area contributed by atoms with Crippen LogP contribution in [-0.2, 0) is 125 Å². The van der Waals surface area contributed by atoms with Crippen molar-refractivity contribution in [3.8, 4) is 45.0 Å². The molecule has 4 heterocycles. The standard InChI is InChI=1S/C21H22N.3C20H20N.4C5H8O2.4Ir/c1-6-17-12-18-7-8-20(22-21(18)11-15(17)4)19-10-14(3)13(2)9-16(19)5;1-5-16-12-17-7-9-19(21-20(17)11-14(16)3)18-8-6-13(2)10-15(18)4;1-5-16-12-18-8-9-19(21-20(18)11-15(16)4)17-7-6-13(2)14(3)10-17;1-5-16-12-17-9-10-19(21-20(17)11-14(16)3)18-8-6-7-13(2)15(18)4;4*1-4(6)3-5(2)7;;;;/h7-9,11-12H,6H2,1-5H3;6-7,9-12H,5H2,1-4H3;6,8-12H,5H2,1-4H3;6-7,9-12H,5H2,1-4H3;4*3,6H,1-2H3;;;;/q4*-1;;;;;;;;. The third kappa shape index (κ3) is 33.6. The summed E-state index contributed by atoms with van der Waals surface area (Å²) in [7, 11) is 0. The Bertz CT molecular complexity index is 5430. The van der Waals surface area contributed by atoms with Crippen molar-refractivity contribution in [2.75, 3.05) is 0 Å². The number of carbonyl (C=O) groups excluding carboxylic acids is 4. The van der Waals surface area contributed by atoms with Crippen LogP contribution in [0.2, 0.25) is 0 Å². The summed E-state index contributed by atoms with van der Waals surface area (Å²) in [5.41, 5.74) is 34.8. The Morgan fingerprint density at radius 1 is 0.316 bits per heavy atom. The number of pyridine rings is 4. The molecule has 0 amide bonds. The van der Waals surface area contributed by atoms with Crippen molar-refractivity contribution in [3.63, 3.8) is 0 Å². The molecular formula is C101H114Ir4N4O8-4. The Balaban J connectivity index is 0.000000696. The van der Waals surface area contributed by atoms with Crippen molar-refractivity contribution in [2.45, 2.75) is 199 Å². The zero-order valence-electron chi connectivity index (χ0n) is 72.5. The van der Waals surface area contributed by atoms with Crippen LogP contribution < -0.4 is 0 Å². The van der Waals surface area contributed by atoms with Gasteiger partial charge < -0.3 is 20.4 Å². The first-order valence-electron chi connectivity index (χ1n) is 38.4. The molecule has 8 aromatic carbocycles. The maximum absolute atomic E-state index is 10.0. The minimum atomic E-state index is -0.125. The van der Waals surface area contributed by atoms with Crippen LogP contribution in [0.1, 0.15) is 178 Å². The van der Waals surface area contributed by atoms with E-state index in [9.17, 15) is 19.2 Å². The van der Waals surface area contributed by atoms with Crippen molar-refractivity contribution in [2.24, 2.45) is 0 Å². The van der Waals surface area contributed by atoms with Crippen LogP contribution in [0.5, 0.6) is 0 Å². The topological polar surface area (TPSA) is 201 Å². The van der Waals surface area contributed by atoms with E-state index in [2.05, 4.69) is 263 Å². The number of aliphatic hydroxyl groups is 4. The van der Waals surface area contributed by atoms with Crippen molar-refractivity contribution < 1.29 is 120 Å². The molecule has 0 spiro atoms. The quantitative estimate of drug-likeness (QED) is 0.0513. The van der Waals surface area contributed by atoms with E-state index in [-0.39, 0.29) is 127 Å². The van der Waals surface area contributed by atoms with Gasteiger partial charge in [0, 0.05) is 105 Å². The number of hydrogen-bond donors (Lipinski definition) is 4. The number of allylic oxidation sites excluding steroid dienone is 8. The van der Waals surface area contributed by atoms with Gasteiger partial charge in [0.1, 0.15) is 0 Å². The fraction of sp³-hybridized carbons (Fsp3) is 0.287. The molecule has 0 fully saturated rings. The molecule has 12 nitrogen and oxygen atoms in total. The largest absolute Gasteiger partial charge is 0.512 e. The number of aryl methyl sites for hydroxylation is 16. The second kappa shape index (κ2) is 51.2. The molecule has 12 rings (SSSR count). The van der Waals surface area contributed by atoms with Crippen LogP contribution in [0.25, 0.3) is 88.6 Å². The fourth-order valence-corrected chi connectivity index (χ4v) is 12.5. The van der Waals surface area contributed by atoms with Crippen molar-refractivity contribution in [3.05, 3.63) is 306 Å². The molecule has 0 saturated carbocycles. The van der Waals surface area contributed by atoms with Crippen LogP contribution in [0.4, 0.5) is 0 Å². The predicted octanol–water partition coefficient (Wildman–Crippen LogP) is 25.2. The number of aromatic nitrogens is 4. The van der Waals surface area contributed by atoms with Crippen molar-refractivity contribution in [1.29, 1.82) is 0 Å². The van der Waals surface area contributed by atoms with Crippen LogP contribution in [0.15, 0.2) is 187 Å². The van der Waals surface area contributed by atoms with Crippen LogP contribution in [0, 0.1) is 114 Å². The van der Waals surface area contributed by atoms with Crippen LogP contribution in [-0.4, -0.2) is 63.5 Å². The van der Waals surface area contributed by atoms with Gasteiger partial charge in [-0.25, -0.2) is 0 Å². The number of rotatable bonds is 12. The first kappa shape index (κ1) is 106. The van der Waals surface area contributed by atoms with Crippen molar-refractivity contribution >= 4 is 66.7 Å². The normalized spacial score (nSPS) is 10.8. The molecule has 12 aromatic rings. The third-order valence-corrected chi connectivity index (χ3v) is 18.8. The summed E-state index contributed by atoms with van der Waals surface area (Å²) in [6.45, 7) is 47.9. The average Bonchev–Trinajstić information content (AvgIpc) is 0.809. The molecule has 16 heteroatoms. The van der Waals surface area contributed by atoms with Gasteiger partial charge in [0.15, 0.2) is 23.1 Å². The number of fused-ring (bicyclic) bond motifs is 4. The molecule has 0 aliphatic rings. The summed E-state index contributed by atoms with van der Waals surface area (Å²) in [6.07, 6.45) is 8.92. The van der Waals surface area contributed by atoms with Crippen molar-refractivity contribution in [1.82, 2.24) is 19.9 Å². The van der Waals surface area contributed by atoms with E-state index in [0.717, 1.165) is 92.8 Å². The summed E-state index contributed by atoms with van der Waals surface area (Å²) in [5.74, 6) is -0.250. The summed E-state index contributed by atoms with van der Waals surface area (Å²) >= 11 is 0. The number of aliphatic hydroxyl groups excluding tert-OH is 4. The first-order valence-corrected chi connectivity index (χ1v) is 38.4. The smallest absolute Gasteiger partial charge is 0.155 e. The van der Waals surface area contributed by atoms with E-state index in [1.54, 1.807) is 0 Å². The van der Waals surface area contributed by atoms with Gasteiger partial charge in [-0.05, 0) is 246 Å². The van der Waals surface area contributed by atoms with E-state index in [0.29, 0.717) is 0 Å². The molecule has 0 saturated heterocycles. The average molecular weight is 2280 g/mol. The molecule has 4 aromatic heterocycles. The van der Waals surface area contributed by atoms with Gasteiger partial charge in [-0.3, -0.25) is 39.1 Å². The number of ketones is 4. The Labute approximate surface area is 749 Å². The Morgan fingerprint density at radius 3 is 0.957 bits per heavy atom. The van der Waals surface area contributed by atoms with Gasteiger partial charge in [-0.2, -0.15) is 0 Å². The van der Waals surface area contributed by atoms with Gasteiger partial charge in [0.25, 0.3) is 0 Å². The molecule has 0 bridgehead atoms. The van der Waals surface area contributed by atoms with Gasteiger partial charge in [0.2, 0.25) is 0 Å². The maximum Gasteiger partial charge on any atom is 0.155 e. The van der Waals surface area contributed by atoms with Gasteiger partial charge in [-0.15, -0.1) is 139 Å². The number of hydrogen-bond acceptors (Lipinski definition) is 12. The summed E-state index contributed by atoms with van der Waals surface area (Å²) in [4.78, 5) is 59.5. The monoisotopic (exact) mass is 2280 g/mol. The molecule has 4 radical (unpaired) electrons. The van der Waals surface area contributed by atoms with E-state index in [1.807, 2.05) is 18.2 Å². The summed E-state index contributed by atoms with van der Waals surface area (Å²) in [5, 5.41) is 38.3. The first-order chi connectivity index (χ1) is 53.2. The molecule has 0 atom stereocenters. The minimum absolute atomic E-state index is 0. The molecule has 626 valence electrons. The molecule has 0 unspecified atom stereocenters. The van der Waals surface area contributed by atoms with Gasteiger partial charge >= 0.3 is 0 Å². The SMILES string of the molecule is CC(=O)C=C(C)O.CC(=O)C=C(C)O.CC(=O)C=C(C)O.CC(=O)C=C(C)O.CCc1cc2ccc(-c3[c-]c(C)c(C)cc3C)nc2cc1C.CCc1cc2ccc(-c3[c-]cc(C)c(C)c3)nc2cc1C.CCc1cc2ccc(-c3[c-]cc(C)cc3C)nc2cc1C.CCc1cc2ccc(-c3[c-]ccc(C)c3C)nc2cc1C.[Ir].[Ir].[Ir].[Ir]. The summed E-state index contributed by atoms with van der Waals surface area (Å²) < 4.78 is 0. The Morgan fingerprint density at radius 2 is 0.641 bits per heavy atom. The number of benzene rings is 8. The maximum atomic E-state index is 10.0. The van der Waals surface area contributed by atoms with Gasteiger partial charge in [-0.1, -0.05) is 139 Å². The van der Waals surface area contributed by atoms with E-state index in [4.69, 9.17) is 40.4 Å². The zero-order chi connectivity index (χ0) is 84.2. The van der Waals surface area contributed by atoms with E-state index in [1.165, 1.54) is 196 Å². The molecule has 0 aliphatic carbocycles. The molecular weight excluding hydrogens is 2170 g/mol. The second-order valence-corrected chi connectivity index (χ2v) is 28.9. The Kier molecular flexibility index (Phi) is 46.3. The second-order valence-electron chi connectivity index (χ2n) is 28.9. The predicted molar refractivity (Wildman–Crippen MR) is 471 cm³/mol.